The fourth-order valence-electron chi connectivity index (χ4n) is 0.965. The summed E-state index contributed by atoms with van der Waals surface area (Å²) in [6.45, 7) is 4.99. The number of hydrogen-bond donors (Lipinski definition) is 1. The standard InChI is InChI=1S/C9H17ClN2O/c1-4-12(6-5-10)9(7-11-2)8-13-3/h4,7,11H,1,5-6,8H2,2-3H3/b9-7-. The fourth-order valence-corrected chi connectivity index (χ4v) is 1.15. The quantitative estimate of drug-likeness (QED) is 0.635. The monoisotopic (exact) mass is 204 g/mol. The molecule has 0 unspecified atom stereocenters. The summed E-state index contributed by atoms with van der Waals surface area (Å²) in [5.74, 6) is 0.566. The second kappa shape index (κ2) is 7.95. The summed E-state index contributed by atoms with van der Waals surface area (Å²) in [4.78, 5) is 1.95. The van der Waals surface area contributed by atoms with Crippen LogP contribution in [0.25, 0.3) is 0 Å². The normalized spacial score (nSPS) is 11.2. The third-order valence-electron chi connectivity index (χ3n) is 1.52. The molecule has 0 saturated carbocycles. The van der Waals surface area contributed by atoms with Gasteiger partial charge in [0.25, 0.3) is 0 Å². The molecule has 0 aliphatic heterocycles. The zero-order chi connectivity index (χ0) is 10.1. The lowest BCUT2D eigenvalue weighted by molar-refractivity contribution is 0.203. The van der Waals surface area contributed by atoms with Crippen LogP contribution < -0.4 is 5.32 Å². The molecule has 0 heterocycles. The topological polar surface area (TPSA) is 24.5 Å². The molecular formula is C9H17ClN2O. The van der Waals surface area contributed by atoms with Gasteiger partial charge in [-0.15, -0.1) is 11.6 Å². The summed E-state index contributed by atoms with van der Waals surface area (Å²) < 4.78 is 5.04. The molecule has 0 saturated heterocycles. The van der Waals surface area contributed by atoms with Crippen LogP contribution >= 0.6 is 11.6 Å². The number of rotatable bonds is 7. The molecule has 76 valence electrons. The van der Waals surface area contributed by atoms with Crippen molar-refractivity contribution in [3.63, 3.8) is 0 Å². The fraction of sp³-hybridized carbons (Fsp3) is 0.556. The van der Waals surface area contributed by atoms with Crippen LogP contribution in [0.4, 0.5) is 0 Å². The molecule has 0 aliphatic carbocycles. The Balaban J connectivity index is 4.29. The smallest absolute Gasteiger partial charge is 0.0878 e. The highest BCUT2D eigenvalue weighted by Gasteiger charge is 2.04. The second-order valence-electron chi connectivity index (χ2n) is 2.42. The molecule has 0 spiro atoms. The molecule has 0 radical (unpaired) electrons. The average Bonchev–Trinajstić information content (AvgIpc) is 2.14. The Kier molecular flexibility index (Phi) is 7.54. The van der Waals surface area contributed by atoms with Crippen molar-refractivity contribution < 1.29 is 4.74 Å². The van der Waals surface area contributed by atoms with Gasteiger partial charge < -0.3 is 15.0 Å². The van der Waals surface area contributed by atoms with Crippen LogP contribution in [0.5, 0.6) is 0 Å². The third kappa shape index (κ3) is 4.80. The third-order valence-corrected chi connectivity index (χ3v) is 1.69. The Labute approximate surface area is 85.0 Å². The number of nitrogens with one attached hydrogen (secondary N) is 1. The summed E-state index contributed by atoms with van der Waals surface area (Å²) in [5, 5.41) is 2.95. The van der Waals surface area contributed by atoms with Gasteiger partial charge in [-0.3, -0.25) is 0 Å². The van der Waals surface area contributed by atoms with E-state index in [0.717, 1.165) is 12.2 Å². The van der Waals surface area contributed by atoms with Crippen LogP contribution in [0, 0.1) is 0 Å². The van der Waals surface area contributed by atoms with Gasteiger partial charge in [0, 0.05) is 32.8 Å². The highest BCUT2D eigenvalue weighted by Crippen LogP contribution is 2.04. The number of hydrogen-bond acceptors (Lipinski definition) is 3. The van der Waals surface area contributed by atoms with Crippen LogP contribution in [-0.4, -0.2) is 38.1 Å². The van der Waals surface area contributed by atoms with Crippen LogP contribution in [0.3, 0.4) is 0 Å². The van der Waals surface area contributed by atoms with Crippen molar-refractivity contribution >= 4 is 11.6 Å². The van der Waals surface area contributed by atoms with E-state index in [2.05, 4.69) is 11.9 Å². The maximum absolute atomic E-state index is 5.64. The molecule has 0 bridgehead atoms. The lowest BCUT2D eigenvalue weighted by Gasteiger charge is -2.21. The summed E-state index contributed by atoms with van der Waals surface area (Å²) in [7, 11) is 3.50. The van der Waals surface area contributed by atoms with E-state index in [-0.39, 0.29) is 0 Å². The Morgan fingerprint density at radius 2 is 2.38 bits per heavy atom. The lowest BCUT2D eigenvalue weighted by atomic mass is 10.4. The van der Waals surface area contributed by atoms with Crippen LogP contribution in [0.2, 0.25) is 0 Å². The van der Waals surface area contributed by atoms with E-state index in [1.54, 1.807) is 13.3 Å². The molecule has 13 heavy (non-hydrogen) atoms. The highest BCUT2D eigenvalue weighted by molar-refractivity contribution is 6.18. The van der Waals surface area contributed by atoms with E-state index in [9.17, 15) is 0 Å². The van der Waals surface area contributed by atoms with E-state index in [1.807, 2.05) is 18.1 Å². The van der Waals surface area contributed by atoms with E-state index in [1.165, 1.54) is 0 Å². The van der Waals surface area contributed by atoms with Crippen molar-refractivity contribution in [1.82, 2.24) is 10.2 Å². The maximum atomic E-state index is 5.64. The van der Waals surface area contributed by atoms with E-state index >= 15 is 0 Å². The van der Waals surface area contributed by atoms with Gasteiger partial charge in [-0.1, -0.05) is 6.58 Å². The van der Waals surface area contributed by atoms with Crippen LogP contribution in [0.1, 0.15) is 0 Å². The van der Waals surface area contributed by atoms with Crippen molar-refractivity contribution in [2.45, 2.75) is 0 Å². The molecule has 0 rings (SSSR count). The summed E-state index contributed by atoms with van der Waals surface area (Å²) in [5.41, 5.74) is 1.01. The minimum atomic E-state index is 0.545. The number of alkyl halides is 1. The van der Waals surface area contributed by atoms with Gasteiger partial charge in [0.15, 0.2) is 0 Å². The molecule has 0 amide bonds. The number of halogens is 1. The number of nitrogens with zero attached hydrogens (tertiary/aromatic N) is 1. The molecule has 3 nitrogen and oxygen atoms in total. The first-order valence-corrected chi connectivity index (χ1v) is 4.64. The predicted molar refractivity (Wildman–Crippen MR) is 56.6 cm³/mol. The van der Waals surface area contributed by atoms with Crippen LogP contribution in [0.15, 0.2) is 24.7 Å². The van der Waals surface area contributed by atoms with Gasteiger partial charge in [0.05, 0.1) is 12.3 Å². The number of ether oxygens (including phenoxy) is 1. The van der Waals surface area contributed by atoms with E-state index in [0.29, 0.717) is 12.5 Å². The maximum Gasteiger partial charge on any atom is 0.0878 e. The first kappa shape index (κ1) is 12.3. The van der Waals surface area contributed by atoms with Gasteiger partial charge in [-0.05, 0) is 6.20 Å². The molecule has 1 N–H and O–H groups in total. The number of methoxy groups -OCH3 is 1. The lowest BCUT2D eigenvalue weighted by Crippen LogP contribution is -2.23. The Morgan fingerprint density at radius 1 is 1.69 bits per heavy atom. The molecule has 0 aromatic heterocycles. The summed E-state index contributed by atoms with van der Waals surface area (Å²) in [6, 6.07) is 0. The van der Waals surface area contributed by atoms with Gasteiger partial charge in [0.1, 0.15) is 0 Å². The Morgan fingerprint density at radius 3 is 2.77 bits per heavy atom. The predicted octanol–water partition coefficient (Wildman–Crippen LogP) is 1.38. The second-order valence-corrected chi connectivity index (χ2v) is 2.80. The van der Waals surface area contributed by atoms with E-state index in [4.69, 9.17) is 16.3 Å². The highest BCUT2D eigenvalue weighted by atomic mass is 35.5. The molecular weight excluding hydrogens is 188 g/mol. The van der Waals surface area contributed by atoms with Gasteiger partial charge >= 0.3 is 0 Å². The SMILES string of the molecule is C=CN(CCCl)/C(=C\NC)COC. The first-order chi connectivity index (χ1) is 6.29. The van der Waals surface area contributed by atoms with Crippen molar-refractivity contribution in [3.8, 4) is 0 Å². The van der Waals surface area contributed by atoms with Gasteiger partial charge in [-0.2, -0.15) is 0 Å². The molecule has 0 fully saturated rings. The molecule has 0 aromatic carbocycles. The Hall–Kier alpha value is -0.670. The largest absolute Gasteiger partial charge is 0.392 e. The van der Waals surface area contributed by atoms with Crippen molar-refractivity contribution in [1.29, 1.82) is 0 Å². The van der Waals surface area contributed by atoms with Crippen molar-refractivity contribution in [2.24, 2.45) is 0 Å². The van der Waals surface area contributed by atoms with Crippen LogP contribution in [-0.2, 0) is 4.74 Å². The zero-order valence-electron chi connectivity index (χ0n) is 8.22. The minimum absolute atomic E-state index is 0.545. The van der Waals surface area contributed by atoms with Crippen molar-refractivity contribution in [2.75, 3.05) is 33.2 Å². The van der Waals surface area contributed by atoms with E-state index < -0.39 is 0 Å². The first-order valence-electron chi connectivity index (χ1n) is 4.10. The minimum Gasteiger partial charge on any atom is -0.392 e. The average molecular weight is 205 g/mol. The molecule has 0 atom stereocenters. The molecule has 4 heteroatoms. The Bertz CT molecular complexity index is 171. The van der Waals surface area contributed by atoms with Gasteiger partial charge in [0.2, 0.25) is 0 Å². The summed E-state index contributed by atoms with van der Waals surface area (Å²) >= 11 is 5.64. The zero-order valence-corrected chi connectivity index (χ0v) is 8.97. The summed E-state index contributed by atoms with van der Waals surface area (Å²) in [6.07, 6.45) is 3.61. The van der Waals surface area contributed by atoms with Crippen molar-refractivity contribution in [3.05, 3.63) is 24.7 Å². The molecule has 0 aromatic rings. The molecule has 0 aliphatic rings. The van der Waals surface area contributed by atoms with Gasteiger partial charge in [-0.25, -0.2) is 0 Å².